The van der Waals surface area contributed by atoms with Crippen LogP contribution in [0.4, 0.5) is 0 Å². The molecule has 5 heteroatoms. The fourth-order valence-electron chi connectivity index (χ4n) is 1.22. The maximum absolute atomic E-state index is 11.6. The van der Waals surface area contributed by atoms with E-state index >= 15 is 0 Å². The van der Waals surface area contributed by atoms with Crippen LogP contribution in [-0.2, 0) is 15.5 Å². The Morgan fingerprint density at radius 1 is 1.40 bits per heavy atom. The quantitative estimate of drug-likeness (QED) is 0.739. The second kappa shape index (κ2) is 4.81. The van der Waals surface area contributed by atoms with E-state index in [0.29, 0.717) is 11.3 Å². The molecule has 1 saturated heterocycles. The van der Waals surface area contributed by atoms with E-state index in [4.69, 9.17) is 4.74 Å². The number of benzene rings is 1. The molecule has 1 aliphatic rings. The molecule has 0 saturated carbocycles. The highest BCUT2D eigenvalue weighted by molar-refractivity contribution is 8.14. The lowest BCUT2D eigenvalue weighted by atomic mass is 10.2. The van der Waals surface area contributed by atoms with Gasteiger partial charge in [-0.05, 0) is 12.1 Å². The van der Waals surface area contributed by atoms with Crippen molar-refractivity contribution in [3.63, 3.8) is 0 Å². The van der Waals surface area contributed by atoms with Gasteiger partial charge in [-0.1, -0.05) is 18.2 Å². The van der Waals surface area contributed by atoms with Gasteiger partial charge in [-0.3, -0.25) is 4.21 Å². The highest BCUT2D eigenvalue weighted by Gasteiger charge is 2.27. The standard InChI is InChI=1S/C10H10O3S2/c11-9(8-4-2-1-3-5-8)13-10-14-6-7-15(10)12/h1-5,10H,6-7H2/t10-,15+/m0/s1. The van der Waals surface area contributed by atoms with Crippen LogP contribution in [0.2, 0.25) is 0 Å². The van der Waals surface area contributed by atoms with Gasteiger partial charge in [0.1, 0.15) is 0 Å². The topological polar surface area (TPSA) is 43.4 Å². The highest BCUT2D eigenvalue weighted by Crippen LogP contribution is 2.24. The van der Waals surface area contributed by atoms with Crippen molar-refractivity contribution >= 4 is 28.5 Å². The number of hydrogen-bond acceptors (Lipinski definition) is 4. The Kier molecular flexibility index (Phi) is 3.43. The van der Waals surface area contributed by atoms with Crippen LogP contribution >= 0.6 is 11.8 Å². The van der Waals surface area contributed by atoms with Gasteiger partial charge in [-0.15, -0.1) is 11.8 Å². The molecule has 0 aromatic heterocycles. The van der Waals surface area contributed by atoms with Crippen LogP contribution in [0.3, 0.4) is 0 Å². The molecule has 0 amide bonds. The van der Waals surface area contributed by atoms with Gasteiger partial charge in [-0.2, -0.15) is 0 Å². The van der Waals surface area contributed by atoms with E-state index in [0.717, 1.165) is 5.75 Å². The van der Waals surface area contributed by atoms with Crippen molar-refractivity contribution in [2.24, 2.45) is 0 Å². The first-order valence-corrected chi connectivity index (χ1v) is 6.95. The third-order valence-corrected chi connectivity index (χ3v) is 5.22. The van der Waals surface area contributed by atoms with Gasteiger partial charge in [0.2, 0.25) is 4.77 Å². The van der Waals surface area contributed by atoms with E-state index < -0.39 is 21.5 Å². The summed E-state index contributed by atoms with van der Waals surface area (Å²) in [6.07, 6.45) is 0. The molecule has 15 heavy (non-hydrogen) atoms. The predicted octanol–water partition coefficient (Wildman–Crippen LogP) is 1.62. The Hall–Kier alpha value is -0.810. The fraction of sp³-hybridized carbons (Fsp3) is 0.300. The first-order valence-electron chi connectivity index (χ1n) is 4.52. The van der Waals surface area contributed by atoms with Gasteiger partial charge >= 0.3 is 5.97 Å². The minimum atomic E-state index is -1.04. The van der Waals surface area contributed by atoms with Crippen LogP contribution in [0.5, 0.6) is 0 Å². The molecule has 0 unspecified atom stereocenters. The summed E-state index contributed by atoms with van der Waals surface area (Å²) in [4.78, 5) is 11.6. The summed E-state index contributed by atoms with van der Waals surface area (Å²) in [6, 6.07) is 8.75. The van der Waals surface area contributed by atoms with E-state index in [2.05, 4.69) is 0 Å². The van der Waals surface area contributed by atoms with Gasteiger partial charge in [0.25, 0.3) is 0 Å². The van der Waals surface area contributed by atoms with E-state index in [-0.39, 0.29) is 0 Å². The number of rotatable bonds is 2. The second-order valence-electron chi connectivity index (χ2n) is 3.02. The molecule has 1 aliphatic heterocycles. The molecule has 1 fully saturated rings. The maximum Gasteiger partial charge on any atom is 0.340 e. The van der Waals surface area contributed by atoms with Gasteiger partial charge in [0.15, 0.2) is 0 Å². The van der Waals surface area contributed by atoms with Crippen LogP contribution in [0.15, 0.2) is 30.3 Å². The predicted molar refractivity (Wildman–Crippen MR) is 61.1 cm³/mol. The van der Waals surface area contributed by atoms with Gasteiger partial charge < -0.3 is 4.74 Å². The van der Waals surface area contributed by atoms with Crippen molar-refractivity contribution in [3.05, 3.63) is 35.9 Å². The molecule has 1 aromatic rings. The lowest BCUT2D eigenvalue weighted by Gasteiger charge is -2.09. The first-order chi connectivity index (χ1) is 7.27. The average molecular weight is 242 g/mol. The number of carbonyl (C=O) groups is 1. The van der Waals surface area contributed by atoms with Crippen LogP contribution in [0.1, 0.15) is 10.4 Å². The lowest BCUT2D eigenvalue weighted by Crippen LogP contribution is -2.16. The molecule has 0 radical (unpaired) electrons. The normalized spacial score (nSPS) is 25.1. The summed E-state index contributed by atoms with van der Waals surface area (Å²) >= 11 is 1.43. The average Bonchev–Trinajstić information content (AvgIpc) is 2.66. The molecule has 0 spiro atoms. The second-order valence-corrected chi connectivity index (χ2v) is 6.08. The molecular formula is C10H10O3S2. The lowest BCUT2D eigenvalue weighted by molar-refractivity contribution is 0.0546. The SMILES string of the molecule is O=C(O[C@H]1SCC[S@]1=O)c1ccccc1. The van der Waals surface area contributed by atoms with Gasteiger partial charge in [-0.25, -0.2) is 4.79 Å². The highest BCUT2D eigenvalue weighted by atomic mass is 32.2. The van der Waals surface area contributed by atoms with Crippen LogP contribution in [0, 0.1) is 0 Å². The molecule has 0 bridgehead atoms. The maximum atomic E-state index is 11.6. The third kappa shape index (κ3) is 2.60. The van der Waals surface area contributed by atoms with E-state index in [1.54, 1.807) is 24.3 Å². The van der Waals surface area contributed by atoms with E-state index in [1.807, 2.05) is 6.07 Å². The number of ether oxygens (including phenoxy) is 1. The number of thioether (sulfide) groups is 1. The first kappa shape index (κ1) is 10.7. The Labute approximate surface area is 94.7 Å². The number of carbonyl (C=O) groups excluding carboxylic acids is 1. The van der Waals surface area contributed by atoms with Crippen molar-refractivity contribution in [1.82, 2.24) is 0 Å². The zero-order valence-electron chi connectivity index (χ0n) is 7.92. The van der Waals surface area contributed by atoms with Crippen molar-refractivity contribution in [2.45, 2.75) is 4.77 Å². The summed E-state index contributed by atoms with van der Waals surface area (Å²) in [6.45, 7) is 0. The Morgan fingerprint density at radius 2 is 2.13 bits per heavy atom. The minimum Gasteiger partial charge on any atom is -0.435 e. The molecule has 1 heterocycles. The minimum absolute atomic E-state index is 0.400. The van der Waals surface area contributed by atoms with Gasteiger partial charge in [0.05, 0.1) is 16.4 Å². The summed E-state index contributed by atoms with van der Waals surface area (Å²) in [5.74, 6) is 1.000. The summed E-state index contributed by atoms with van der Waals surface area (Å²) < 4.78 is 16.0. The van der Waals surface area contributed by atoms with Crippen LogP contribution in [0.25, 0.3) is 0 Å². The Bertz CT molecular complexity index is 378. The zero-order chi connectivity index (χ0) is 10.7. The summed E-state index contributed by atoms with van der Waals surface area (Å²) in [5.41, 5.74) is 0.502. The smallest absolute Gasteiger partial charge is 0.340 e. The van der Waals surface area contributed by atoms with Crippen molar-refractivity contribution in [1.29, 1.82) is 0 Å². The summed E-state index contributed by atoms with van der Waals surface area (Å²) in [5, 5.41) is 0. The molecule has 1 aromatic carbocycles. The summed E-state index contributed by atoms with van der Waals surface area (Å²) in [7, 11) is -1.04. The van der Waals surface area contributed by atoms with E-state index in [9.17, 15) is 9.00 Å². The fourth-order valence-corrected chi connectivity index (χ4v) is 4.18. The van der Waals surface area contributed by atoms with Gasteiger partial charge in [0, 0.05) is 11.5 Å². The molecule has 0 aliphatic carbocycles. The number of hydrogen-bond donors (Lipinski definition) is 0. The third-order valence-electron chi connectivity index (χ3n) is 1.97. The van der Waals surface area contributed by atoms with Crippen molar-refractivity contribution in [2.75, 3.05) is 11.5 Å². The Balaban J connectivity index is 2.01. The molecule has 0 N–H and O–H groups in total. The van der Waals surface area contributed by atoms with Crippen molar-refractivity contribution in [3.8, 4) is 0 Å². The largest absolute Gasteiger partial charge is 0.435 e. The van der Waals surface area contributed by atoms with Crippen LogP contribution < -0.4 is 0 Å². The molecule has 2 rings (SSSR count). The van der Waals surface area contributed by atoms with Crippen molar-refractivity contribution < 1.29 is 13.7 Å². The molecular weight excluding hydrogens is 232 g/mol. The molecule has 2 atom stereocenters. The molecule has 3 nitrogen and oxygen atoms in total. The van der Waals surface area contributed by atoms with E-state index in [1.165, 1.54) is 11.8 Å². The molecule has 80 valence electrons. The Morgan fingerprint density at radius 3 is 2.73 bits per heavy atom. The zero-order valence-corrected chi connectivity index (χ0v) is 9.55. The number of esters is 1. The van der Waals surface area contributed by atoms with Crippen LogP contribution in [-0.4, -0.2) is 26.5 Å². The monoisotopic (exact) mass is 242 g/mol.